The zero-order valence-electron chi connectivity index (χ0n) is 12.4. The summed E-state index contributed by atoms with van der Waals surface area (Å²) in [6.07, 6.45) is 1.25. The Kier molecular flexibility index (Phi) is 4.09. The molecule has 0 saturated heterocycles. The summed E-state index contributed by atoms with van der Waals surface area (Å²) in [6, 6.07) is 7.32. The van der Waals surface area contributed by atoms with Gasteiger partial charge in [0.1, 0.15) is 11.3 Å². The van der Waals surface area contributed by atoms with Crippen molar-refractivity contribution >= 4 is 22.2 Å². The first-order chi connectivity index (χ1) is 11.2. The Morgan fingerprint density at radius 2 is 2.17 bits per heavy atom. The number of thiazole rings is 1. The van der Waals surface area contributed by atoms with E-state index < -0.39 is 11.5 Å². The molecular weight excluding hydrogens is 318 g/mol. The van der Waals surface area contributed by atoms with Crippen LogP contribution in [0.15, 0.2) is 40.6 Å². The van der Waals surface area contributed by atoms with Crippen LogP contribution < -0.4 is 15.8 Å². The molecule has 0 fully saturated rings. The number of fused-ring (bicyclic) bond motifs is 1. The fourth-order valence-corrected chi connectivity index (χ4v) is 3.04. The second kappa shape index (κ2) is 6.19. The van der Waals surface area contributed by atoms with Crippen molar-refractivity contribution in [3.8, 4) is 17.0 Å². The summed E-state index contributed by atoms with van der Waals surface area (Å²) < 4.78 is 6.62. The van der Waals surface area contributed by atoms with Crippen molar-refractivity contribution in [3.05, 3.63) is 51.8 Å². The largest absolute Gasteiger partial charge is 0.497 e. The van der Waals surface area contributed by atoms with Crippen LogP contribution in [-0.4, -0.2) is 29.5 Å². The highest BCUT2D eigenvalue weighted by atomic mass is 32.1. The topological polar surface area (TPSA) is 81.9 Å². The molecule has 2 heterocycles. The molecule has 7 nitrogen and oxygen atoms in total. The second-order valence-electron chi connectivity index (χ2n) is 4.58. The summed E-state index contributed by atoms with van der Waals surface area (Å²) in [5, 5.41) is 1.82. The number of aromatic nitrogens is 2. The molecule has 1 aromatic carbocycles. The molecule has 8 heteroatoms. The van der Waals surface area contributed by atoms with Gasteiger partial charge < -0.3 is 4.74 Å². The Morgan fingerprint density at radius 3 is 2.91 bits per heavy atom. The van der Waals surface area contributed by atoms with Gasteiger partial charge >= 0.3 is 0 Å². The van der Waals surface area contributed by atoms with E-state index in [9.17, 15) is 9.59 Å². The normalized spacial score (nSPS) is 10.7. The van der Waals surface area contributed by atoms with E-state index in [-0.39, 0.29) is 5.56 Å². The number of ether oxygens (including phenoxy) is 1. The minimum Gasteiger partial charge on any atom is -0.497 e. The lowest BCUT2D eigenvalue weighted by Gasteiger charge is -2.06. The van der Waals surface area contributed by atoms with Gasteiger partial charge in [-0.05, 0) is 12.1 Å². The molecule has 0 aliphatic rings. The van der Waals surface area contributed by atoms with Gasteiger partial charge in [-0.1, -0.05) is 12.1 Å². The van der Waals surface area contributed by atoms with E-state index >= 15 is 0 Å². The van der Waals surface area contributed by atoms with Crippen molar-refractivity contribution < 1.29 is 14.4 Å². The van der Waals surface area contributed by atoms with E-state index in [1.165, 1.54) is 29.0 Å². The summed E-state index contributed by atoms with van der Waals surface area (Å²) in [5.41, 5.74) is 3.02. The number of benzene rings is 1. The summed E-state index contributed by atoms with van der Waals surface area (Å²) >= 11 is 1.32. The number of hydrogen-bond donors (Lipinski definition) is 1. The van der Waals surface area contributed by atoms with E-state index in [4.69, 9.17) is 4.74 Å². The lowest BCUT2D eigenvalue weighted by atomic mass is 10.1. The number of methoxy groups -OCH3 is 1. The van der Waals surface area contributed by atoms with Crippen LogP contribution in [-0.2, 0) is 4.84 Å². The molecule has 0 spiro atoms. The minimum atomic E-state index is -0.637. The van der Waals surface area contributed by atoms with Crippen molar-refractivity contribution in [1.29, 1.82) is 0 Å². The third-order valence-electron chi connectivity index (χ3n) is 3.25. The molecule has 0 atom stereocenters. The Bertz CT molecular complexity index is 932. The van der Waals surface area contributed by atoms with E-state index in [0.717, 1.165) is 5.56 Å². The highest BCUT2D eigenvalue weighted by Crippen LogP contribution is 2.26. The van der Waals surface area contributed by atoms with Gasteiger partial charge in [0.05, 0.1) is 19.9 Å². The molecule has 0 bridgehead atoms. The van der Waals surface area contributed by atoms with Gasteiger partial charge in [0.25, 0.3) is 11.5 Å². The van der Waals surface area contributed by atoms with Crippen LogP contribution in [0, 0.1) is 0 Å². The molecule has 0 aliphatic carbocycles. The first-order valence-corrected chi connectivity index (χ1v) is 7.50. The predicted molar refractivity (Wildman–Crippen MR) is 85.8 cm³/mol. The van der Waals surface area contributed by atoms with Gasteiger partial charge in [0, 0.05) is 17.1 Å². The number of carbonyl (C=O) groups excluding carboxylic acids is 1. The first kappa shape index (κ1) is 15.2. The number of amides is 1. The second-order valence-corrected chi connectivity index (χ2v) is 5.42. The molecule has 1 N–H and O–H groups in total. The number of hydrogen-bond acceptors (Lipinski definition) is 6. The summed E-state index contributed by atoms with van der Waals surface area (Å²) in [5.74, 6) is 0.0401. The van der Waals surface area contributed by atoms with E-state index in [2.05, 4.69) is 15.3 Å². The van der Waals surface area contributed by atoms with Crippen LogP contribution >= 0.6 is 11.3 Å². The van der Waals surface area contributed by atoms with E-state index in [0.29, 0.717) is 16.4 Å². The van der Waals surface area contributed by atoms with Crippen LogP contribution in [0.3, 0.4) is 0 Å². The Hall–Kier alpha value is -2.71. The van der Waals surface area contributed by atoms with Crippen molar-refractivity contribution in [2.45, 2.75) is 0 Å². The zero-order chi connectivity index (χ0) is 16.4. The van der Waals surface area contributed by atoms with Crippen molar-refractivity contribution in [2.24, 2.45) is 0 Å². The quantitative estimate of drug-likeness (QED) is 0.736. The molecular formula is C15H13N3O4S. The molecule has 23 heavy (non-hydrogen) atoms. The number of rotatable bonds is 4. The van der Waals surface area contributed by atoms with Gasteiger partial charge in [-0.25, -0.2) is 10.5 Å². The predicted octanol–water partition coefficient (Wildman–Crippen LogP) is 1.72. The van der Waals surface area contributed by atoms with Crippen molar-refractivity contribution in [3.63, 3.8) is 0 Å². The number of nitrogens with zero attached hydrogens (tertiary/aromatic N) is 2. The maximum Gasteiger partial charge on any atom is 0.282 e. The summed E-state index contributed by atoms with van der Waals surface area (Å²) in [7, 11) is 2.87. The van der Waals surface area contributed by atoms with Crippen molar-refractivity contribution in [1.82, 2.24) is 14.9 Å². The maximum atomic E-state index is 12.6. The van der Waals surface area contributed by atoms with Crippen LogP contribution in [0.4, 0.5) is 0 Å². The third kappa shape index (κ3) is 2.69. The highest BCUT2D eigenvalue weighted by Gasteiger charge is 2.17. The minimum absolute atomic E-state index is 0.0908. The SMILES string of the molecule is CONC(=O)c1cnc2scc(-c3cccc(OC)c3)n2c1=O. The number of hydroxylamine groups is 1. The third-order valence-corrected chi connectivity index (χ3v) is 4.09. The summed E-state index contributed by atoms with van der Waals surface area (Å²) in [6.45, 7) is 0. The fourth-order valence-electron chi connectivity index (χ4n) is 2.18. The Labute approximate surface area is 135 Å². The molecule has 3 rings (SSSR count). The molecule has 1 amide bonds. The number of carbonyl (C=O) groups is 1. The van der Waals surface area contributed by atoms with Crippen molar-refractivity contribution in [2.75, 3.05) is 14.2 Å². The van der Waals surface area contributed by atoms with Gasteiger partial charge in [-0.2, -0.15) is 0 Å². The Morgan fingerprint density at radius 1 is 1.35 bits per heavy atom. The average Bonchev–Trinajstić information content (AvgIpc) is 3.00. The molecule has 0 radical (unpaired) electrons. The first-order valence-electron chi connectivity index (χ1n) is 6.62. The summed E-state index contributed by atoms with van der Waals surface area (Å²) in [4.78, 5) is 33.7. The van der Waals surface area contributed by atoms with Crippen LogP contribution in [0.2, 0.25) is 0 Å². The zero-order valence-corrected chi connectivity index (χ0v) is 13.2. The van der Waals surface area contributed by atoms with Crippen LogP contribution in [0.5, 0.6) is 5.75 Å². The lowest BCUT2D eigenvalue weighted by molar-refractivity contribution is 0.0535. The molecule has 3 aromatic rings. The standard InChI is InChI=1S/C15H13N3O4S/c1-21-10-5-3-4-9(6-10)12-8-23-15-16-7-11(13(19)17-22-2)14(20)18(12)15/h3-8H,1-2H3,(H,17,19). The smallest absolute Gasteiger partial charge is 0.282 e. The number of nitrogens with one attached hydrogen (secondary N) is 1. The molecule has 0 aliphatic heterocycles. The van der Waals surface area contributed by atoms with Gasteiger partial charge in [-0.3, -0.25) is 18.8 Å². The van der Waals surface area contributed by atoms with Gasteiger partial charge in [0.2, 0.25) is 0 Å². The average molecular weight is 331 g/mol. The Balaban J connectivity index is 2.21. The molecule has 0 unspecified atom stereocenters. The van der Waals surface area contributed by atoms with Crippen LogP contribution in [0.1, 0.15) is 10.4 Å². The van der Waals surface area contributed by atoms with E-state index in [1.54, 1.807) is 7.11 Å². The fraction of sp³-hybridized carbons (Fsp3) is 0.133. The van der Waals surface area contributed by atoms with E-state index in [1.807, 2.05) is 29.6 Å². The van der Waals surface area contributed by atoms with Gasteiger partial charge in [-0.15, -0.1) is 11.3 Å². The lowest BCUT2D eigenvalue weighted by Crippen LogP contribution is -2.30. The molecule has 0 saturated carbocycles. The van der Waals surface area contributed by atoms with Crippen LogP contribution in [0.25, 0.3) is 16.2 Å². The molecule has 2 aromatic heterocycles. The molecule has 118 valence electrons. The monoisotopic (exact) mass is 331 g/mol. The van der Waals surface area contributed by atoms with Gasteiger partial charge in [0.15, 0.2) is 4.96 Å². The maximum absolute atomic E-state index is 12.6. The highest BCUT2D eigenvalue weighted by molar-refractivity contribution is 7.15.